The third kappa shape index (κ3) is 3.77. The molecule has 1 aliphatic rings. The Labute approximate surface area is 145 Å². The fraction of sp³-hybridized carbons (Fsp3) is 0.588. The molecule has 0 aromatic carbocycles. The van der Waals surface area contributed by atoms with E-state index in [0.717, 1.165) is 10.4 Å². The second-order valence-electron chi connectivity index (χ2n) is 7.07. The maximum Gasteiger partial charge on any atom is 0.347 e. The lowest BCUT2D eigenvalue weighted by molar-refractivity contribution is -0.147. The fourth-order valence-electron chi connectivity index (χ4n) is 2.26. The number of esters is 2. The van der Waals surface area contributed by atoms with Crippen LogP contribution >= 0.6 is 11.3 Å². The Balaban J connectivity index is 2.24. The number of amides is 1. The number of cyclic esters (lactones) is 1. The maximum atomic E-state index is 12.6. The van der Waals surface area contributed by atoms with Crippen molar-refractivity contribution in [1.82, 2.24) is 0 Å². The topological polar surface area (TPSA) is 81.7 Å². The molecule has 0 aliphatic carbocycles. The molecule has 7 heteroatoms. The van der Waals surface area contributed by atoms with E-state index >= 15 is 0 Å². The van der Waals surface area contributed by atoms with Crippen LogP contribution in [0.5, 0.6) is 0 Å². The normalized spacial score (nSPS) is 20.7. The van der Waals surface area contributed by atoms with Crippen molar-refractivity contribution in [3.8, 4) is 0 Å². The summed E-state index contributed by atoms with van der Waals surface area (Å²) in [5.74, 6) is -1.33. The Bertz CT molecular complexity index is 686. The number of rotatable bonds is 3. The number of carbonyl (C=O) groups excluding carboxylic acids is 3. The van der Waals surface area contributed by atoms with Crippen LogP contribution in [-0.4, -0.2) is 30.1 Å². The van der Waals surface area contributed by atoms with Gasteiger partial charge in [0, 0.05) is 16.7 Å². The molecule has 1 aromatic heterocycles. The minimum atomic E-state index is -0.890. The van der Waals surface area contributed by atoms with E-state index in [1.54, 1.807) is 34.6 Å². The molecule has 2 rings (SSSR count). The Morgan fingerprint density at radius 3 is 2.42 bits per heavy atom. The van der Waals surface area contributed by atoms with Gasteiger partial charge in [0.05, 0.1) is 5.56 Å². The highest BCUT2D eigenvalue weighted by molar-refractivity contribution is 7.16. The molecule has 2 heterocycles. The molecule has 1 saturated heterocycles. The van der Waals surface area contributed by atoms with Gasteiger partial charge in [-0.1, -0.05) is 20.8 Å². The van der Waals surface area contributed by atoms with Crippen molar-refractivity contribution in [2.24, 2.45) is 5.41 Å². The molecule has 0 radical (unpaired) electrons. The van der Waals surface area contributed by atoms with Crippen LogP contribution in [0.2, 0.25) is 0 Å². The molecule has 1 aliphatic heterocycles. The van der Waals surface area contributed by atoms with Gasteiger partial charge in [-0.3, -0.25) is 4.79 Å². The van der Waals surface area contributed by atoms with Crippen molar-refractivity contribution in [2.75, 3.05) is 5.32 Å². The third-order valence-corrected chi connectivity index (χ3v) is 5.00. The minimum Gasteiger partial charge on any atom is -0.460 e. The summed E-state index contributed by atoms with van der Waals surface area (Å²) < 4.78 is 10.3. The van der Waals surface area contributed by atoms with Gasteiger partial charge >= 0.3 is 11.9 Å². The molecule has 1 amide bonds. The standard InChI is InChI=1S/C17H23NO5S/c1-8-7-11(14(19)22-8)23-15(20)12-9(2)10(3)24-13(12)18-16(21)17(4,5)6/h8,11H,7H2,1-6H3,(H,18,21)/t8-,11+/m1/s1. The Morgan fingerprint density at radius 2 is 1.92 bits per heavy atom. The Morgan fingerprint density at radius 1 is 1.29 bits per heavy atom. The predicted molar refractivity (Wildman–Crippen MR) is 91.3 cm³/mol. The van der Waals surface area contributed by atoms with E-state index in [4.69, 9.17) is 9.47 Å². The molecular formula is C17H23NO5S. The second-order valence-corrected chi connectivity index (χ2v) is 8.29. The first-order valence-corrected chi connectivity index (χ1v) is 8.65. The van der Waals surface area contributed by atoms with Gasteiger partial charge in [0.2, 0.25) is 12.0 Å². The van der Waals surface area contributed by atoms with Crippen LogP contribution in [0.15, 0.2) is 0 Å². The van der Waals surface area contributed by atoms with Gasteiger partial charge in [-0.15, -0.1) is 11.3 Å². The van der Waals surface area contributed by atoms with E-state index in [2.05, 4.69) is 5.32 Å². The number of nitrogens with one attached hydrogen (secondary N) is 1. The number of hydrogen-bond donors (Lipinski definition) is 1. The van der Waals surface area contributed by atoms with Gasteiger partial charge in [0.15, 0.2) is 0 Å². The van der Waals surface area contributed by atoms with Crippen LogP contribution < -0.4 is 5.32 Å². The lowest BCUT2D eigenvalue weighted by Gasteiger charge is -2.17. The molecule has 1 fully saturated rings. The highest BCUT2D eigenvalue weighted by Gasteiger charge is 2.36. The molecule has 1 N–H and O–H groups in total. The van der Waals surface area contributed by atoms with Crippen LogP contribution in [0.25, 0.3) is 0 Å². The summed E-state index contributed by atoms with van der Waals surface area (Å²) in [4.78, 5) is 37.4. The Hall–Kier alpha value is -1.89. The molecular weight excluding hydrogens is 330 g/mol. The summed E-state index contributed by atoms with van der Waals surface area (Å²) in [6, 6.07) is 0. The van der Waals surface area contributed by atoms with Crippen LogP contribution in [0.4, 0.5) is 5.00 Å². The molecule has 0 unspecified atom stereocenters. The highest BCUT2D eigenvalue weighted by atomic mass is 32.1. The van der Waals surface area contributed by atoms with Crippen molar-refractivity contribution >= 4 is 34.2 Å². The number of aryl methyl sites for hydroxylation is 1. The molecule has 24 heavy (non-hydrogen) atoms. The van der Waals surface area contributed by atoms with Gasteiger partial charge in [-0.25, -0.2) is 9.59 Å². The third-order valence-electron chi connectivity index (χ3n) is 3.87. The first-order chi connectivity index (χ1) is 11.0. The highest BCUT2D eigenvalue weighted by Crippen LogP contribution is 2.35. The molecule has 6 nitrogen and oxygen atoms in total. The monoisotopic (exact) mass is 353 g/mol. The van der Waals surface area contributed by atoms with E-state index in [9.17, 15) is 14.4 Å². The molecule has 0 bridgehead atoms. The van der Waals surface area contributed by atoms with Crippen LogP contribution in [-0.2, 0) is 19.1 Å². The van der Waals surface area contributed by atoms with E-state index in [-0.39, 0.29) is 12.0 Å². The number of anilines is 1. The smallest absolute Gasteiger partial charge is 0.347 e. The van der Waals surface area contributed by atoms with Crippen LogP contribution in [0, 0.1) is 19.3 Å². The minimum absolute atomic E-state index is 0.188. The van der Waals surface area contributed by atoms with Crippen molar-refractivity contribution in [2.45, 2.75) is 60.2 Å². The zero-order valence-electron chi connectivity index (χ0n) is 14.8. The molecule has 2 atom stereocenters. The molecule has 1 aromatic rings. The van der Waals surface area contributed by atoms with Crippen molar-refractivity contribution < 1.29 is 23.9 Å². The Kier molecular flexibility index (Phi) is 5.03. The lowest BCUT2D eigenvalue weighted by atomic mass is 9.96. The van der Waals surface area contributed by atoms with E-state index < -0.39 is 23.5 Å². The van der Waals surface area contributed by atoms with Gasteiger partial charge in [-0.2, -0.15) is 0 Å². The summed E-state index contributed by atoms with van der Waals surface area (Å²) in [5.41, 5.74) is 0.466. The number of thiophene rings is 1. The first-order valence-electron chi connectivity index (χ1n) is 7.83. The van der Waals surface area contributed by atoms with E-state index in [1.165, 1.54) is 11.3 Å². The van der Waals surface area contributed by atoms with Crippen molar-refractivity contribution in [3.63, 3.8) is 0 Å². The van der Waals surface area contributed by atoms with Gasteiger partial charge in [0.1, 0.15) is 11.1 Å². The number of hydrogen-bond acceptors (Lipinski definition) is 6. The van der Waals surface area contributed by atoms with Crippen LogP contribution in [0.1, 0.15) is 54.9 Å². The number of ether oxygens (including phenoxy) is 2. The molecule has 0 saturated carbocycles. The van der Waals surface area contributed by atoms with E-state index in [0.29, 0.717) is 17.0 Å². The van der Waals surface area contributed by atoms with Crippen LogP contribution in [0.3, 0.4) is 0 Å². The average molecular weight is 353 g/mol. The predicted octanol–water partition coefficient (Wildman–Crippen LogP) is 3.21. The fourth-order valence-corrected chi connectivity index (χ4v) is 3.30. The van der Waals surface area contributed by atoms with Gasteiger partial charge < -0.3 is 14.8 Å². The summed E-state index contributed by atoms with van der Waals surface area (Å²) in [5, 5.41) is 3.25. The zero-order valence-corrected chi connectivity index (χ0v) is 15.6. The van der Waals surface area contributed by atoms with Gasteiger partial charge in [0.25, 0.3) is 0 Å². The molecule has 0 spiro atoms. The average Bonchev–Trinajstić information content (AvgIpc) is 2.89. The van der Waals surface area contributed by atoms with E-state index in [1.807, 2.05) is 6.92 Å². The first kappa shape index (κ1) is 18.4. The van der Waals surface area contributed by atoms with Crippen molar-refractivity contribution in [1.29, 1.82) is 0 Å². The van der Waals surface area contributed by atoms with Crippen molar-refractivity contribution in [3.05, 3.63) is 16.0 Å². The summed E-state index contributed by atoms with van der Waals surface area (Å²) in [7, 11) is 0. The SMILES string of the molecule is Cc1sc(NC(=O)C(C)(C)C)c(C(=O)O[C@H]2C[C@@H](C)OC2=O)c1C. The molecule has 132 valence electrons. The zero-order chi connectivity index (χ0) is 18.2. The summed E-state index contributed by atoms with van der Waals surface area (Å²) in [6.45, 7) is 10.8. The quantitative estimate of drug-likeness (QED) is 0.844. The maximum absolute atomic E-state index is 12.6. The lowest BCUT2D eigenvalue weighted by Crippen LogP contribution is -2.28. The second kappa shape index (κ2) is 6.55. The summed E-state index contributed by atoms with van der Waals surface area (Å²) >= 11 is 1.32. The summed E-state index contributed by atoms with van der Waals surface area (Å²) in [6.07, 6.45) is -0.810. The number of carbonyl (C=O) groups is 3. The largest absolute Gasteiger partial charge is 0.460 e. The van der Waals surface area contributed by atoms with Gasteiger partial charge in [-0.05, 0) is 26.3 Å².